The van der Waals surface area contributed by atoms with Gasteiger partial charge in [-0.15, -0.1) is 0 Å². The number of aryl methyl sites for hydroxylation is 1. The number of nitrogens with zero attached hydrogens (tertiary/aromatic N) is 2. The minimum atomic E-state index is -3.86. The second-order valence-electron chi connectivity index (χ2n) is 8.59. The van der Waals surface area contributed by atoms with E-state index in [9.17, 15) is 18.0 Å². The van der Waals surface area contributed by atoms with Crippen molar-refractivity contribution in [3.63, 3.8) is 0 Å². The number of amides is 2. The molecule has 0 saturated carbocycles. The summed E-state index contributed by atoms with van der Waals surface area (Å²) in [6.45, 7) is 6.85. The van der Waals surface area contributed by atoms with Crippen LogP contribution in [0.1, 0.15) is 38.3 Å². The van der Waals surface area contributed by atoms with Crippen LogP contribution in [-0.4, -0.2) is 57.1 Å². The summed E-state index contributed by atoms with van der Waals surface area (Å²) in [5.41, 5.74) is 1.77. The molecular formula is C25H34ClN3O5S. The zero-order valence-electron chi connectivity index (χ0n) is 21.0. The monoisotopic (exact) mass is 523 g/mol. The van der Waals surface area contributed by atoms with Crippen LogP contribution in [0.4, 0.5) is 5.69 Å². The Morgan fingerprint density at radius 3 is 2.40 bits per heavy atom. The van der Waals surface area contributed by atoms with E-state index < -0.39 is 28.5 Å². The summed E-state index contributed by atoms with van der Waals surface area (Å²) in [7, 11) is -2.43. The van der Waals surface area contributed by atoms with Crippen molar-refractivity contribution in [2.24, 2.45) is 0 Å². The highest BCUT2D eigenvalue weighted by atomic mass is 35.5. The lowest BCUT2D eigenvalue weighted by Crippen LogP contribution is -2.52. The minimum absolute atomic E-state index is 0.0721. The third-order valence-corrected chi connectivity index (χ3v) is 7.05. The van der Waals surface area contributed by atoms with Crippen LogP contribution >= 0.6 is 11.6 Å². The lowest BCUT2D eigenvalue weighted by molar-refractivity contribution is -0.139. The molecule has 2 rings (SSSR count). The third kappa shape index (κ3) is 7.86. The first-order chi connectivity index (χ1) is 16.4. The van der Waals surface area contributed by atoms with Gasteiger partial charge in [0, 0.05) is 17.6 Å². The predicted octanol–water partition coefficient (Wildman–Crippen LogP) is 3.76. The van der Waals surface area contributed by atoms with Crippen molar-refractivity contribution in [3.8, 4) is 5.75 Å². The van der Waals surface area contributed by atoms with E-state index in [-0.39, 0.29) is 24.2 Å². The number of carbonyl (C=O) groups is 2. The van der Waals surface area contributed by atoms with Crippen LogP contribution in [0.2, 0.25) is 5.02 Å². The molecule has 2 aromatic rings. The maximum atomic E-state index is 13.6. The topological polar surface area (TPSA) is 96.0 Å². The van der Waals surface area contributed by atoms with Crippen LogP contribution in [0.5, 0.6) is 5.75 Å². The zero-order chi connectivity index (χ0) is 26.3. The van der Waals surface area contributed by atoms with Gasteiger partial charge in [0.05, 0.1) is 19.1 Å². The number of benzene rings is 2. The summed E-state index contributed by atoms with van der Waals surface area (Å²) in [6, 6.07) is 11.1. The van der Waals surface area contributed by atoms with Crippen LogP contribution in [-0.2, 0) is 26.2 Å². The van der Waals surface area contributed by atoms with Gasteiger partial charge in [0.15, 0.2) is 0 Å². The van der Waals surface area contributed by atoms with Crippen molar-refractivity contribution in [1.29, 1.82) is 0 Å². The number of nitrogens with one attached hydrogen (secondary N) is 1. The van der Waals surface area contributed by atoms with Crippen LogP contribution < -0.4 is 14.4 Å². The van der Waals surface area contributed by atoms with Crippen molar-refractivity contribution in [2.45, 2.75) is 52.7 Å². The van der Waals surface area contributed by atoms with Gasteiger partial charge in [-0.05, 0) is 62.6 Å². The molecule has 10 heteroatoms. The second kappa shape index (κ2) is 12.3. The Hall–Kier alpha value is -2.78. The van der Waals surface area contributed by atoms with Crippen molar-refractivity contribution >= 4 is 39.1 Å². The summed E-state index contributed by atoms with van der Waals surface area (Å²) >= 11 is 6.13. The predicted molar refractivity (Wildman–Crippen MR) is 139 cm³/mol. The number of sulfonamides is 1. The molecule has 0 fully saturated rings. The Bertz CT molecular complexity index is 1160. The Morgan fingerprint density at radius 2 is 1.83 bits per heavy atom. The Kier molecular flexibility index (Phi) is 9.97. The second-order valence-corrected chi connectivity index (χ2v) is 10.9. The Morgan fingerprint density at radius 1 is 1.14 bits per heavy atom. The average Bonchev–Trinajstić information content (AvgIpc) is 2.79. The fourth-order valence-electron chi connectivity index (χ4n) is 3.47. The van der Waals surface area contributed by atoms with Crippen molar-refractivity contribution in [1.82, 2.24) is 10.2 Å². The number of rotatable bonds is 11. The molecule has 0 aliphatic heterocycles. The van der Waals surface area contributed by atoms with E-state index in [0.29, 0.717) is 16.3 Å². The molecule has 2 unspecified atom stereocenters. The van der Waals surface area contributed by atoms with E-state index in [1.165, 1.54) is 12.0 Å². The number of hydrogen-bond acceptors (Lipinski definition) is 5. The van der Waals surface area contributed by atoms with Gasteiger partial charge in [-0.3, -0.25) is 13.9 Å². The van der Waals surface area contributed by atoms with E-state index in [2.05, 4.69) is 5.32 Å². The smallest absolute Gasteiger partial charge is 0.244 e. The molecule has 35 heavy (non-hydrogen) atoms. The number of anilines is 1. The molecule has 0 spiro atoms. The number of hydrogen-bond donors (Lipinski definition) is 1. The summed E-state index contributed by atoms with van der Waals surface area (Å²) < 4.78 is 31.9. The van der Waals surface area contributed by atoms with Crippen LogP contribution in [0.15, 0.2) is 42.5 Å². The van der Waals surface area contributed by atoms with Crippen LogP contribution in [0.3, 0.4) is 0 Å². The van der Waals surface area contributed by atoms with E-state index in [1.807, 2.05) is 20.8 Å². The highest BCUT2D eigenvalue weighted by Gasteiger charge is 2.31. The molecule has 2 amide bonds. The van der Waals surface area contributed by atoms with Gasteiger partial charge < -0.3 is 15.0 Å². The maximum absolute atomic E-state index is 13.6. The van der Waals surface area contributed by atoms with Crippen LogP contribution in [0, 0.1) is 6.92 Å². The van der Waals surface area contributed by atoms with Gasteiger partial charge in [0.2, 0.25) is 21.8 Å². The van der Waals surface area contributed by atoms with Gasteiger partial charge in [0.1, 0.15) is 18.3 Å². The summed E-state index contributed by atoms with van der Waals surface area (Å²) in [4.78, 5) is 27.9. The Balaban J connectivity index is 2.46. The lowest BCUT2D eigenvalue weighted by atomic mass is 10.1. The number of carbonyl (C=O) groups excluding carboxylic acids is 2. The SMILES string of the molecule is CCC(C)NC(=O)C(C)N(Cc1cccc(Cl)c1)C(=O)CN(c1cc(C)ccc1OC)S(C)(=O)=O. The summed E-state index contributed by atoms with van der Waals surface area (Å²) in [5, 5.41) is 3.39. The third-order valence-electron chi connectivity index (χ3n) is 5.69. The fraction of sp³-hybridized carbons (Fsp3) is 0.440. The number of halogens is 1. The van der Waals surface area contributed by atoms with E-state index >= 15 is 0 Å². The maximum Gasteiger partial charge on any atom is 0.244 e. The largest absolute Gasteiger partial charge is 0.495 e. The molecular weight excluding hydrogens is 490 g/mol. The number of ether oxygens (including phenoxy) is 1. The molecule has 0 aromatic heterocycles. The molecule has 8 nitrogen and oxygen atoms in total. The molecule has 192 valence electrons. The van der Waals surface area contributed by atoms with E-state index in [1.54, 1.807) is 49.4 Å². The zero-order valence-corrected chi connectivity index (χ0v) is 22.6. The quantitative estimate of drug-likeness (QED) is 0.484. The standard InChI is InChI=1S/C25H34ClN3O5S/c1-7-18(3)27-25(31)19(4)28(15-20-9-8-10-21(26)14-20)24(30)16-29(35(6,32)33)22-13-17(2)11-12-23(22)34-5/h8-14,18-19H,7,15-16H2,1-6H3,(H,27,31). The van der Waals surface area contributed by atoms with Gasteiger partial charge >= 0.3 is 0 Å². The minimum Gasteiger partial charge on any atom is -0.495 e. The normalized spacial score (nSPS) is 13.0. The summed E-state index contributed by atoms with van der Waals surface area (Å²) in [5.74, 6) is -0.544. The van der Waals surface area contributed by atoms with Crippen molar-refractivity contribution in [3.05, 3.63) is 58.6 Å². The fourth-order valence-corrected chi connectivity index (χ4v) is 4.53. The summed E-state index contributed by atoms with van der Waals surface area (Å²) in [6.07, 6.45) is 1.76. The number of methoxy groups -OCH3 is 1. The van der Waals surface area contributed by atoms with Crippen LogP contribution in [0.25, 0.3) is 0 Å². The Labute approximate surface area is 213 Å². The van der Waals surface area contributed by atoms with Gasteiger partial charge in [0.25, 0.3) is 0 Å². The van der Waals surface area contributed by atoms with Gasteiger partial charge in [-0.1, -0.05) is 36.7 Å². The average molecular weight is 524 g/mol. The molecule has 0 bridgehead atoms. The highest BCUT2D eigenvalue weighted by Crippen LogP contribution is 2.31. The molecule has 0 aliphatic rings. The molecule has 0 heterocycles. The van der Waals surface area contributed by atoms with Gasteiger partial charge in [-0.25, -0.2) is 8.42 Å². The first kappa shape index (κ1) is 28.5. The lowest BCUT2D eigenvalue weighted by Gasteiger charge is -2.32. The van der Waals surface area contributed by atoms with E-state index in [4.69, 9.17) is 16.3 Å². The first-order valence-corrected chi connectivity index (χ1v) is 13.6. The van der Waals surface area contributed by atoms with Gasteiger partial charge in [-0.2, -0.15) is 0 Å². The van der Waals surface area contributed by atoms with Crippen molar-refractivity contribution in [2.75, 3.05) is 24.2 Å². The van der Waals surface area contributed by atoms with Crippen molar-refractivity contribution < 1.29 is 22.7 Å². The molecule has 2 aromatic carbocycles. The molecule has 0 saturated heterocycles. The van der Waals surface area contributed by atoms with E-state index in [0.717, 1.165) is 22.5 Å². The molecule has 2 atom stereocenters. The highest BCUT2D eigenvalue weighted by molar-refractivity contribution is 7.92. The first-order valence-electron chi connectivity index (χ1n) is 11.3. The molecule has 1 N–H and O–H groups in total. The molecule has 0 radical (unpaired) electrons. The molecule has 0 aliphatic carbocycles.